The zero-order valence-electron chi connectivity index (χ0n) is 19.0. The first-order valence-corrected chi connectivity index (χ1v) is 11.3. The van der Waals surface area contributed by atoms with Crippen LogP contribution in [0, 0.1) is 33.5 Å². The van der Waals surface area contributed by atoms with Gasteiger partial charge in [-0.15, -0.1) is 0 Å². The summed E-state index contributed by atoms with van der Waals surface area (Å²) in [6, 6.07) is 0. The van der Waals surface area contributed by atoms with E-state index in [1.54, 1.807) is 11.1 Å². The zero-order chi connectivity index (χ0) is 19.4. The van der Waals surface area contributed by atoms with E-state index < -0.39 is 0 Å². The standard InChI is InChI=1S/C26H44/c1-19-9-11-22(12-10-19)25(8)20(2)26(23(3,4)5)17-14-21(15-18-26)13-16-24(25,6)7/h9,14,20,22H,10-13,15-18H2,1-8H3. The van der Waals surface area contributed by atoms with Crippen molar-refractivity contribution in [1.82, 2.24) is 0 Å². The van der Waals surface area contributed by atoms with Crippen LogP contribution in [0.3, 0.4) is 0 Å². The van der Waals surface area contributed by atoms with Crippen molar-refractivity contribution in [3.63, 3.8) is 0 Å². The van der Waals surface area contributed by atoms with Gasteiger partial charge in [0.05, 0.1) is 0 Å². The second-order valence-electron chi connectivity index (χ2n) is 11.9. The molecule has 0 spiro atoms. The van der Waals surface area contributed by atoms with E-state index in [0.717, 1.165) is 11.8 Å². The summed E-state index contributed by atoms with van der Waals surface area (Å²) in [5.74, 6) is 1.58. The lowest BCUT2D eigenvalue weighted by Gasteiger charge is -2.62. The predicted octanol–water partition coefficient (Wildman–Crippen LogP) is 8.34. The highest BCUT2D eigenvalue weighted by atomic mass is 14.6. The topological polar surface area (TPSA) is 0 Å². The van der Waals surface area contributed by atoms with E-state index in [4.69, 9.17) is 0 Å². The van der Waals surface area contributed by atoms with Crippen molar-refractivity contribution in [2.75, 3.05) is 0 Å². The van der Waals surface area contributed by atoms with Gasteiger partial charge in [0.2, 0.25) is 0 Å². The van der Waals surface area contributed by atoms with E-state index in [2.05, 4.69) is 67.5 Å². The van der Waals surface area contributed by atoms with Gasteiger partial charge in [0.1, 0.15) is 0 Å². The molecule has 0 aliphatic heterocycles. The number of hydrogen-bond donors (Lipinski definition) is 0. The lowest BCUT2D eigenvalue weighted by molar-refractivity contribution is -0.129. The summed E-state index contributed by atoms with van der Waals surface area (Å²) < 4.78 is 0. The number of rotatable bonds is 1. The van der Waals surface area contributed by atoms with Crippen molar-refractivity contribution in [3.05, 3.63) is 23.3 Å². The Balaban J connectivity index is 2.13. The molecule has 0 heterocycles. The van der Waals surface area contributed by atoms with Gasteiger partial charge in [-0.2, -0.15) is 0 Å². The van der Waals surface area contributed by atoms with Crippen molar-refractivity contribution in [1.29, 1.82) is 0 Å². The molecule has 4 unspecified atom stereocenters. The average Bonchev–Trinajstić information content (AvgIpc) is 2.62. The minimum atomic E-state index is 0.358. The van der Waals surface area contributed by atoms with Gasteiger partial charge in [0.15, 0.2) is 0 Å². The first-order valence-electron chi connectivity index (χ1n) is 11.3. The van der Waals surface area contributed by atoms with E-state index in [9.17, 15) is 0 Å². The Morgan fingerprint density at radius 2 is 1.62 bits per heavy atom. The number of hydrogen-bond acceptors (Lipinski definition) is 0. The molecular formula is C26H44. The van der Waals surface area contributed by atoms with Gasteiger partial charge < -0.3 is 0 Å². The maximum atomic E-state index is 2.70. The fourth-order valence-corrected chi connectivity index (χ4v) is 7.18. The Bertz CT molecular complexity index is 596. The van der Waals surface area contributed by atoms with Crippen LogP contribution < -0.4 is 0 Å². The van der Waals surface area contributed by atoms with Gasteiger partial charge in [-0.3, -0.25) is 0 Å². The van der Waals surface area contributed by atoms with Crippen molar-refractivity contribution < 1.29 is 0 Å². The molecule has 0 aromatic rings. The molecule has 0 amide bonds. The summed E-state index contributed by atoms with van der Waals surface area (Å²) in [6.45, 7) is 20.5. The highest BCUT2D eigenvalue weighted by molar-refractivity contribution is 5.19. The normalized spacial score (nSPS) is 40.9. The summed E-state index contributed by atoms with van der Waals surface area (Å²) in [5.41, 5.74) is 4.95. The third kappa shape index (κ3) is 2.94. The summed E-state index contributed by atoms with van der Waals surface area (Å²) in [6.07, 6.45) is 16.0. The van der Waals surface area contributed by atoms with E-state index in [1.807, 2.05) is 0 Å². The smallest absolute Gasteiger partial charge is 0.0180 e. The van der Waals surface area contributed by atoms with Crippen LogP contribution in [0.4, 0.5) is 0 Å². The van der Waals surface area contributed by atoms with Crippen LogP contribution in [-0.4, -0.2) is 0 Å². The third-order valence-electron chi connectivity index (χ3n) is 9.88. The third-order valence-corrected chi connectivity index (χ3v) is 9.88. The minimum absolute atomic E-state index is 0.358. The molecule has 1 fully saturated rings. The molecule has 148 valence electrons. The molecule has 4 aliphatic rings. The minimum Gasteiger partial charge on any atom is -0.0853 e. The van der Waals surface area contributed by atoms with Crippen LogP contribution in [0.15, 0.2) is 23.3 Å². The number of fused-ring (bicyclic) bond motifs is 6. The van der Waals surface area contributed by atoms with Crippen LogP contribution in [-0.2, 0) is 0 Å². The van der Waals surface area contributed by atoms with Crippen molar-refractivity contribution in [2.45, 2.75) is 107 Å². The maximum Gasteiger partial charge on any atom is -0.0180 e. The quantitative estimate of drug-likeness (QED) is 0.414. The van der Waals surface area contributed by atoms with Gasteiger partial charge in [-0.1, -0.05) is 71.8 Å². The first-order chi connectivity index (χ1) is 11.9. The predicted molar refractivity (Wildman–Crippen MR) is 115 cm³/mol. The molecule has 0 nitrogen and oxygen atoms in total. The Morgan fingerprint density at radius 1 is 0.962 bits per heavy atom. The SMILES string of the molecule is CC1=CCC(C2(C)C(C)C3(C(C)(C)C)CC=C(CCC2(C)C)CC3)CC1. The molecule has 0 radical (unpaired) electrons. The largest absolute Gasteiger partial charge is 0.0853 e. The zero-order valence-corrected chi connectivity index (χ0v) is 19.0. The molecular weight excluding hydrogens is 312 g/mol. The lowest BCUT2D eigenvalue weighted by atomic mass is 9.42. The van der Waals surface area contributed by atoms with Crippen LogP contribution in [0.25, 0.3) is 0 Å². The second-order valence-corrected chi connectivity index (χ2v) is 11.9. The molecule has 0 aromatic heterocycles. The fraction of sp³-hybridized carbons (Fsp3) is 0.846. The molecule has 0 N–H and O–H groups in total. The van der Waals surface area contributed by atoms with E-state index in [0.29, 0.717) is 21.7 Å². The molecule has 0 aromatic carbocycles. The molecule has 26 heavy (non-hydrogen) atoms. The molecule has 2 bridgehead atoms. The van der Waals surface area contributed by atoms with Crippen LogP contribution in [0.5, 0.6) is 0 Å². The summed E-state index contributed by atoms with van der Waals surface area (Å²) in [5, 5.41) is 0. The Morgan fingerprint density at radius 3 is 2.12 bits per heavy atom. The van der Waals surface area contributed by atoms with Crippen LogP contribution in [0.2, 0.25) is 0 Å². The monoisotopic (exact) mass is 356 g/mol. The molecule has 1 saturated carbocycles. The summed E-state index contributed by atoms with van der Waals surface area (Å²) >= 11 is 0. The van der Waals surface area contributed by atoms with Gasteiger partial charge in [-0.25, -0.2) is 0 Å². The van der Waals surface area contributed by atoms with Crippen molar-refractivity contribution >= 4 is 0 Å². The molecule has 0 heteroatoms. The molecule has 4 rings (SSSR count). The van der Waals surface area contributed by atoms with Gasteiger partial charge in [-0.05, 0) is 91.8 Å². The summed E-state index contributed by atoms with van der Waals surface area (Å²) in [4.78, 5) is 0. The van der Waals surface area contributed by atoms with E-state index in [1.165, 1.54) is 51.4 Å². The Kier molecular flexibility index (Phi) is 5.07. The van der Waals surface area contributed by atoms with Crippen molar-refractivity contribution in [3.8, 4) is 0 Å². The van der Waals surface area contributed by atoms with Crippen LogP contribution >= 0.6 is 0 Å². The van der Waals surface area contributed by atoms with Gasteiger partial charge in [0.25, 0.3) is 0 Å². The van der Waals surface area contributed by atoms with Crippen LogP contribution in [0.1, 0.15) is 107 Å². The molecule has 4 atom stereocenters. The second kappa shape index (κ2) is 6.52. The highest BCUT2D eigenvalue weighted by Crippen LogP contribution is 2.67. The molecule has 4 aliphatic carbocycles. The highest BCUT2D eigenvalue weighted by Gasteiger charge is 2.59. The Hall–Kier alpha value is -0.520. The van der Waals surface area contributed by atoms with E-state index in [-0.39, 0.29) is 0 Å². The Labute approximate surface area is 163 Å². The number of allylic oxidation sites excluding steroid dienone is 4. The van der Waals surface area contributed by atoms with Gasteiger partial charge in [0, 0.05) is 0 Å². The average molecular weight is 357 g/mol. The van der Waals surface area contributed by atoms with Gasteiger partial charge >= 0.3 is 0 Å². The van der Waals surface area contributed by atoms with Crippen molar-refractivity contribution in [2.24, 2.45) is 33.5 Å². The maximum absolute atomic E-state index is 2.70. The molecule has 0 saturated heterocycles. The fourth-order valence-electron chi connectivity index (χ4n) is 7.18. The lowest BCUT2D eigenvalue weighted by Crippen LogP contribution is -2.55. The van der Waals surface area contributed by atoms with E-state index >= 15 is 0 Å². The summed E-state index contributed by atoms with van der Waals surface area (Å²) in [7, 11) is 0. The first kappa shape index (κ1) is 20.2.